The van der Waals surface area contributed by atoms with Crippen molar-refractivity contribution in [1.82, 2.24) is 5.32 Å². The highest BCUT2D eigenvalue weighted by Crippen LogP contribution is 2.48. The largest absolute Gasteiger partial charge is 0.481 e. The number of hydrogen-bond donors (Lipinski definition) is 2. The summed E-state index contributed by atoms with van der Waals surface area (Å²) >= 11 is 0. The summed E-state index contributed by atoms with van der Waals surface area (Å²) in [7, 11) is 0. The van der Waals surface area contributed by atoms with E-state index in [1.54, 1.807) is 0 Å². The molecular formula is C15H23NO3. The summed E-state index contributed by atoms with van der Waals surface area (Å²) in [4.78, 5) is 23.0. The minimum atomic E-state index is -0.747. The Labute approximate surface area is 113 Å². The summed E-state index contributed by atoms with van der Waals surface area (Å²) in [5.74, 6) is 1.39. The van der Waals surface area contributed by atoms with E-state index in [4.69, 9.17) is 5.11 Å². The predicted molar refractivity (Wildman–Crippen MR) is 70.4 cm³/mol. The van der Waals surface area contributed by atoms with Gasteiger partial charge in [-0.25, -0.2) is 0 Å². The molecule has 3 aliphatic rings. The van der Waals surface area contributed by atoms with Crippen LogP contribution < -0.4 is 5.32 Å². The van der Waals surface area contributed by atoms with Crippen molar-refractivity contribution in [2.45, 2.75) is 44.9 Å². The summed E-state index contributed by atoms with van der Waals surface area (Å²) < 4.78 is 0. The number of rotatable bonds is 4. The summed E-state index contributed by atoms with van der Waals surface area (Å²) in [5.41, 5.74) is 0. The predicted octanol–water partition coefficient (Wildman–Crippen LogP) is 2.04. The molecule has 4 nitrogen and oxygen atoms in total. The molecule has 2 N–H and O–H groups in total. The Kier molecular flexibility index (Phi) is 3.50. The molecule has 0 saturated heterocycles. The van der Waals surface area contributed by atoms with Crippen LogP contribution in [0.4, 0.5) is 0 Å². The van der Waals surface area contributed by atoms with Crippen LogP contribution in [0.1, 0.15) is 44.9 Å². The highest BCUT2D eigenvalue weighted by molar-refractivity contribution is 5.80. The van der Waals surface area contributed by atoms with Crippen LogP contribution >= 0.6 is 0 Å². The van der Waals surface area contributed by atoms with Gasteiger partial charge in [-0.05, 0) is 56.3 Å². The van der Waals surface area contributed by atoms with E-state index in [9.17, 15) is 9.59 Å². The number of nitrogens with one attached hydrogen (secondary N) is 1. The lowest BCUT2D eigenvalue weighted by molar-refractivity contribution is -0.141. The fourth-order valence-corrected chi connectivity index (χ4v) is 4.45. The Morgan fingerprint density at radius 1 is 1.00 bits per heavy atom. The van der Waals surface area contributed by atoms with Crippen LogP contribution in [0.5, 0.6) is 0 Å². The Balaban J connectivity index is 1.43. The molecule has 0 aromatic heterocycles. The van der Waals surface area contributed by atoms with Crippen LogP contribution in [-0.2, 0) is 9.59 Å². The minimum absolute atomic E-state index is 0.0697. The first-order chi connectivity index (χ1) is 9.13. The lowest BCUT2D eigenvalue weighted by Gasteiger charge is -2.22. The zero-order valence-corrected chi connectivity index (χ0v) is 11.3. The molecule has 0 aliphatic heterocycles. The van der Waals surface area contributed by atoms with Gasteiger partial charge >= 0.3 is 5.97 Å². The van der Waals surface area contributed by atoms with Crippen molar-refractivity contribution in [1.29, 1.82) is 0 Å². The van der Waals surface area contributed by atoms with E-state index in [0.29, 0.717) is 18.8 Å². The van der Waals surface area contributed by atoms with Crippen LogP contribution in [0, 0.1) is 29.6 Å². The Morgan fingerprint density at radius 2 is 1.79 bits per heavy atom. The molecule has 3 aliphatic carbocycles. The molecule has 0 aromatic carbocycles. The highest BCUT2D eigenvalue weighted by atomic mass is 16.4. The van der Waals surface area contributed by atoms with Gasteiger partial charge in [-0.1, -0.05) is 6.42 Å². The van der Waals surface area contributed by atoms with Gasteiger partial charge in [-0.2, -0.15) is 0 Å². The molecule has 5 atom stereocenters. The highest BCUT2D eigenvalue weighted by Gasteiger charge is 2.40. The number of aliphatic carboxylic acids is 1. The van der Waals surface area contributed by atoms with Gasteiger partial charge in [-0.15, -0.1) is 0 Å². The monoisotopic (exact) mass is 265 g/mol. The summed E-state index contributed by atoms with van der Waals surface area (Å²) in [6, 6.07) is 0. The lowest BCUT2D eigenvalue weighted by Crippen LogP contribution is -2.35. The second-order valence-electron chi connectivity index (χ2n) is 6.73. The van der Waals surface area contributed by atoms with Crippen LogP contribution in [0.15, 0.2) is 0 Å². The van der Waals surface area contributed by atoms with E-state index < -0.39 is 5.97 Å². The van der Waals surface area contributed by atoms with Crippen molar-refractivity contribution >= 4 is 11.9 Å². The number of carboxylic acids is 1. The molecule has 0 spiro atoms. The van der Waals surface area contributed by atoms with Crippen molar-refractivity contribution in [2.75, 3.05) is 6.54 Å². The first kappa shape index (κ1) is 12.9. The van der Waals surface area contributed by atoms with Crippen molar-refractivity contribution in [3.8, 4) is 0 Å². The number of fused-ring (bicyclic) bond motifs is 2. The van der Waals surface area contributed by atoms with Crippen LogP contribution in [0.2, 0.25) is 0 Å². The molecule has 2 bridgehead atoms. The maximum Gasteiger partial charge on any atom is 0.306 e. The van der Waals surface area contributed by atoms with E-state index in [2.05, 4.69) is 5.32 Å². The van der Waals surface area contributed by atoms with Gasteiger partial charge in [0.15, 0.2) is 0 Å². The van der Waals surface area contributed by atoms with E-state index in [0.717, 1.165) is 24.8 Å². The fraction of sp³-hybridized carbons (Fsp3) is 0.867. The van der Waals surface area contributed by atoms with Crippen molar-refractivity contribution in [3.05, 3.63) is 0 Å². The molecule has 0 radical (unpaired) electrons. The molecule has 19 heavy (non-hydrogen) atoms. The Bertz CT molecular complexity index is 382. The van der Waals surface area contributed by atoms with E-state index in [-0.39, 0.29) is 17.7 Å². The quantitative estimate of drug-likeness (QED) is 0.817. The fourth-order valence-electron chi connectivity index (χ4n) is 4.45. The SMILES string of the molecule is O=C(O)[C@@H]1CC[C@H](C(=O)NCC2CC3CCC2C3)C1. The van der Waals surface area contributed by atoms with Crippen molar-refractivity contribution < 1.29 is 14.7 Å². The average Bonchev–Trinajstić information content (AvgIpc) is 3.10. The number of carbonyl (C=O) groups excluding carboxylic acids is 1. The third kappa shape index (κ3) is 2.63. The molecule has 0 aromatic rings. The van der Waals surface area contributed by atoms with Gasteiger partial charge in [0, 0.05) is 12.5 Å². The summed E-state index contributed by atoms with van der Waals surface area (Å²) in [6.45, 7) is 0.814. The number of hydrogen-bond acceptors (Lipinski definition) is 2. The van der Waals surface area contributed by atoms with Crippen molar-refractivity contribution in [2.24, 2.45) is 29.6 Å². The van der Waals surface area contributed by atoms with Gasteiger partial charge in [0.05, 0.1) is 5.92 Å². The smallest absolute Gasteiger partial charge is 0.306 e. The van der Waals surface area contributed by atoms with E-state index in [1.165, 1.54) is 25.7 Å². The first-order valence-electron chi connectivity index (χ1n) is 7.64. The van der Waals surface area contributed by atoms with Crippen LogP contribution in [0.3, 0.4) is 0 Å². The van der Waals surface area contributed by atoms with E-state index >= 15 is 0 Å². The summed E-state index contributed by atoms with van der Waals surface area (Å²) in [5, 5.41) is 12.0. The molecule has 4 heteroatoms. The number of amides is 1. The maximum absolute atomic E-state index is 12.1. The zero-order valence-electron chi connectivity index (χ0n) is 11.3. The average molecular weight is 265 g/mol. The zero-order chi connectivity index (χ0) is 13.4. The van der Waals surface area contributed by atoms with Gasteiger partial charge < -0.3 is 10.4 Å². The minimum Gasteiger partial charge on any atom is -0.481 e. The Hall–Kier alpha value is -1.06. The van der Waals surface area contributed by atoms with Crippen molar-refractivity contribution in [3.63, 3.8) is 0 Å². The lowest BCUT2D eigenvalue weighted by atomic mass is 9.88. The second kappa shape index (κ2) is 5.14. The molecule has 1 amide bonds. The third-order valence-corrected chi connectivity index (χ3v) is 5.58. The summed E-state index contributed by atoms with van der Waals surface area (Å²) in [6.07, 6.45) is 7.30. The third-order valence-electron chi connectivity index (χ3n) is 5.58. The molecule has 3 saturated carbocycles. The maximum atomic E-state index is 12.1. The Morgan fingerprint density at radius 3 is 2.37 bits per heavy atom. The van der Waals surface area contributed by atoms with Crippen LogP contribution in [-0.4, -0.2) is 23.5 Å². The molecule has 106 valence electrons. The standard InChI is InChI=1S/C15H23NO3/c17-14(11-3-4-12(7-11)15(18)19)16-8-13-6-9-1-2-10(13)5-9/h9-13H,1-8H2,(H,16,17)(H,18,19)/t9?,10?,11-,12+,13?/m0/s1. The van der Waals surface area contributed by atoms with E-state index in [1.807, 2.05) is 0 Å². The normalized spacial score (nSPS) is 40.5. The van der Waals surface area contributed by atoms with Gasteiger partial charge in [-0.3, -0.25) is 9.59 Å². The molecule has 3 unspecified atom stereocenters. The molecule has 3 fully saturated rings. The van der Waals surface area contributed by atoms with Gasteiger partial charge in [0.1, 0.15) is 0 Å². The molecular weight excluding hydrogens is 242 g/mol. The number of carbonyl (C=O) groups is 2. The second-order valence-corrected chi connectivity index (χ2v) is 6.73. The van der Waals surface area contributed by atoms with Gasteiger partial charge in [0.25, 0.3) is 0 Å². The molecule has 3 rings (SSSR count). The first-order valence-corrected chi connectivity index (χ1v) is 7.64. The topological polar surface area (TPSA) is 66.4 Å². The number of carboxylic acid groups (broad SMARTS) is 1. The van der Waals surface area contributed by atoms with Crippen LogP contribution in [0.25, 0.3) is 0 Å². The molecule has 0 heterocycles. The van der Waals surface area contributed by atoms with Gasteiger partial charge in [0.2, 0.25) is 5.91 Å².